The van der Waals surface area contributed by atoms with Crippen LogP contribution in [0, 0.1) is 0 Å². The third-order valence-electron chi connectivity index (χ3n) is 3.00. The Bertz CT molecular complexity index is 714. The summed E-state index contributed by atoms with van der Waals surface area (Å²) in [5.41, 5.74) is 1.77. The Morgan fingerprint density at radius 2 is 1.74 bits per heavy atom. The highest BCUT2D eigenvalue weighted by atomic mass is 16.5. The van der Waals surface area contributed by atoms with E-state index in [1.54, 1.807) is 13.3 Å². The van der Waals surface area contributed by atoms with Gasteiger partial charge in [-0.05, 0) is 17.7 Å². The summed E-state index contributed by atoms with van der Waals surface area (Å²) < 4.78 is 5.13. The topological polar surface area (TPSA) is 93.2 Å². The average molecular weight is 314 g/mol. The van der Waals surface area contributed by atoms with E-state index in [2.05, 4.69) is 20.6 Å². The van der Waals surface area contributed by atoms with Gasteiger partial charge in [-0.25, -0.2) is 4.98 Å². The Morgan fingerprint density at radius 3 is 2.30 bits per heavy atom. The molecule has 2 amide bonds. The Labute approximate surface area is 134 Å². The molecule has 0 saturated carbocycles. The molecule has 2 aromatic rings. The van der Waals surface area contributed by atoms with Gasteiger partial charge < -0.3 is 10.1 Å². The summed E-state index contributed by atoms with van der Waals surface area (Å²) in [6, 6.07) is 7.58. The van der Waals surface area contributed by atoms with Crippen molar-refractivity contribution in [3.8, 4) is 5.75 Å². The molecule has 0 atom stereocenters. The Morgan fingerprint density at radius 1 is 1.09 bits per heavy atom. The summed E-state index contributed by atoms with van der Waals surface area (Å²) in [5, 5.41) is 5.16. The second-order valence-corrected chi connectivity index (χ2v) is 4.95. The third kappa shape index (κ3) is 4.77. The van der Waals surface area contributed by atoms with Crippen LogP contribution in [0.1, 0.15) is 25.0 Å². The number of ether oxygens (including phenoxy) is 1. The molecule has 0 unspecified atom stereocenters. The number of hydrogen-bond acceptors (Lipinski definition) is 5. The number of hydrogen-bond donors (Lipinski definition) is 2. The average Bonchev–Trinajstić information content (AvgIpc) is 2.49. The van der Waals surface area contributed by atoms with Gasteiger partial charge in [0.25, 0.3) is 0 Å². The first-order chi connectivity index (χ1) is 11.0. The maximum atomic E-state index is 11.4. The number of nitrogens with one attached hydrogen (secondary N) is 2. The predicted octanol–water partition coefficient (Wildman–Crippen LogP) is 1.99. The summed E-state index contributed by atoms with van der Waals surface area (Å²) in [4.78, 5) is 30.7. The van der Waals surface area contributed by atoms with Gasteiger partial charge in [0.1, 0.15) is 11.6 Å². The highest BCUT2D eigenvalue weighted by Crippen LogP contribution is 2.20. The van der Waals surface area contributed by atoms with Crippen LogP contribution in [0.2, 0.25) is 0 Å². The Hall–Kier alpha value is -2.96. The minimum Gasteiger partial charge on any atom is -0.497 e. The van der Waals surface area contributed by atoms with Crippen LogP contribution in [0.5, 0.6) is 5.75 Å². The molecule has 0 saturated heterocycles. The van der Waals surface area contributed by atoms with Gasteiger partial charge in [-0.2, -0.15) is 4.98 Å². The van der Waals surface area contributed by atoms with Gasteiger partial charge in [-0.3, -0.25) is 14.9 Å². The van der Waals surface area contributed by atoms with E-state index < -0.39 is 0 Å². The SMILES string of the molecule is COc1ccc(Cc2cnc(NC(C)=O)nc2NC(C)=O)cc1. The van der Waals surface area contributed by atoms with Crippen LogP contribution in [0.3, 0.4) is 0 Å². The number of benzene rings is 1. The van der Waals surface area contributed by atoms with Crippen molar-refractivity contribution < 1.29 is 14.3 Å². The van der Waals surface area contributed by atoms with Crippen molar-refractivity contribution in [2.45, 2.75) is 20.3 Å². The van der Waals surface area contributed by atoms with Crippen molar-refractivity contribution >= 4 is 23.6 Å². The van der Waals surface area contributed by atoms with Crippen LogP contribution in [-0.4, -0.2) is 28.9 Å². The van der Waals surface area contributed by atoms with Crippen molar-refractivity contribution in [2.24, 2.45) is 0 Å². The first-order valence-electron chi connectivity index (χ1n) is 7.02. The third-order valence-corrected chi connectivity index (χ3v) is 3.00. The highest BCUT2D eigenvalue weighted by Gasteiger charge is 2.10. The lowest BCUT2D eigenvalue weighted by molar-refractivity contribution is -0.115. The molecule has 0 bridgehead atoms. The summed E-state index contributed by atoms with van der Waals surface area (Å²) in [6.45, 7) is 2.77. The molecule has 0 fully saturated rings. The highest BCUT2D eigenvalue weighted by molar-refractivity contribution is 5.90. The molecule has 0 aliphatic heterocycles. The monoisotopic (exact) mass is 314 g/mol. The first kappa shape index (κ1) is 16.4. The number of anilines is 2. The second-order valence-electron chi connectivity index (χ2n) is 4.95. The van der Waals surface area contributed by atoms with Crippen LogP contribution in [-0.2, 0) is 16.0 Å². The molecule has 2 N–H and O–H groups in total. The van der Waals surface area contributed by atoms with Gasteiger partial charge in [0, 0.05) is 32.0 Å². The van der Waals surface area contributed by atoms with E-state index in [-0.39, 0.29) is 17.8 Å². The zero-order valence-electron chi connectivity index (χ0n) is 13.2. The molecule has 7 heteroatoms. The van der Waals surface area contributed by atoms with Gasteiger partial charge in [-0.1, -0.05) is 12.1 Å². The van der Waals surface area contributed by atoms with Gasteiger partial charge in [-0.15, -0.1) is 0 Å². The van der Waals surface area contributed by atoms with E-state index in [4.69, 9.17) is 4.74 Å². The number of carbonyl (C=O) groups excluding carboxylic acids is 2. The van der Waals surface area contributed by atoms with Gasteiger partial charge in [0.15, 0.2) is 0 Å². The molecular formula is C16H18N4O3. The van der Waals surface area contributed by atoms with E-state index in [1.165, 1.54) is 13.8 Å². The zero-order chi connectivity index (χ0) is 16.8. The molecule has 0 aliphatic carbocycles. The van der Waals surface area contributed by atoms with Crippen molar-refractivity contribution in [3.63, 3.8) is 0 Å². The smallest absolute Gasteiger partial charge is 0.231 e. The number of rotatable bonds is 5. The van der Waals surface area contributed by atoms with Crippen molar-refractivity contribution in [1.82, 2.24) is 9.97 Å². The molecule has 23 heavy (non-hydrogen) atoms. The fourth-order valence-corrected chi connectivity index (χ4v) is 1.99. The number of aromatic nitrogens is 2. The lowest BCUT2D eigenvalue weighted by Gasteiger charge is -2.11. The predicted molar refractivity (Wildman–Crippen MR) is 86.4 cm³/mol. The van der Waals surface area contributed by atoms with Crippen LogP contribution in [0.4, 0.5) is 11.8 Å². The van der Waals surface area contributed by atoms with Gasteiger partial charge in [0.05, 0.1) is 7.11 Å². The molecule has 7 nitrogen and oxygen atoms in total. The van der Waals surface area contributed by atoms with Crippen molar-refractivity contribution in [1.29, 1.82) is 0 Å². The van der Waals surface area contributed by atoms with Gasteiger partial charge in [0.2, 0.25) is 17.8 Å². The summed E-state index contributed by atoms with van der Waals surface area (Å²) in [5.74, 6) is 0.787. The Kier molecular flexibility index (Phi) is 5.24. The molecule has 1 aromatic carbocycles. The molecule has 1 heterocycles. The van der Waals surface area contributed by atoms with Crippen LogP contribution in [0.15, 0.2) is 30.5 Å². The molecule has 1 aromatic heterocycles. The quantitative estimate of drug-likeness (QED) is 0.880. The lowest BCUT2D eigenvalue weighted by Crippen LogP contribution is -2.14. The maximum absolute atomic E-state index is 11.4. The van der Waals surface area contributed by atoms with E-state index in [1.807, 2.05) is 24.3 Å². The molecular weight excluding hydrogens is 296 g/mol. The van der Waals surface area contributed by atoms with Crippen molar-refractivity contribution in [2.75, 3.05) is 17.7 Å². The maximum Gasteiger partial charge on any atom is 0.231 e. The lowest BCUT2D eigenvalue weighted by atomic mass is 10.1. The second kappa shape index (κ2) is 7.35. The van der Waals surface area contributed by atoms with E-state index in [0.29, 0.717) is 12.2 Å². The van der Waals surface area contributed by atoms with Crippen LogP contribution < -0.4 is 15.4 Å². The number of carbonyl (C=O) groups is 2. The Balaban J connectivity index is 2.27. The van der Waals surface area contributed by atoms with Crippen LogP contribution >= 0.6 is 0 Å². The minimum absolute atomic E-state index is 0.153. The molecule has 0 radical (unpaired) electrons. The van der Waals surface area contributed by atoms with E-state index >= 15 is 0 Å². The van der Waals surface area contributed by atoms with E-state index in [9.17, 15) is 9.59 Å². The molecule has 2 rings (SSSR count). The van der Waals surface area contributed by atoms with E-state index in [0.717, 1.165) is 16.9 Å². The van der Waals surface area contributed by atoms with Gasteiger partial charge >= 0.3 is 0 Å². The summed E-state index contributed by atoms with van der Waals surface area (Å²) in [7, 11) is 1.61. The molecule has 0 aliphatic rings. The summed E-state index contributed by atoms with van der Waals surface area (Å²) >= 11 is 0. The van der Waals surface area contributed by atoms with Crippen LogP contribution in [0.25, 0.3) is 0 Å². The first-order valence-corrected chi connectivity index (χ1v) is 7.02. The molecule has 120 valence electrons. The normalized spacial score (nSPS) is 10.0. The number of methoxy groups -OCH3 is 1. The zero-order valence-corrected chi connectivity index (χ0v) is 13.2. The fourth-order valence-electron chi connectivity index (χ4n) is 1.99. The molecule has 0 spiro atoms. The van der Waals surface area contributed by atoms with Crippen molar-refractivity contribution in [3.05, 3.63) is 41.6 Å². The largest absolute Gasteiger partial charge is 0.497 e. The standard InChI is InChI=1S/C16H18N4O3/c1-10(21)18-15-13(9-17-16(20-15)19-11(2)22)8-12-4-6-14(23-3)7-5-12/h4-7,9H,8H2,1-3H3,(H2,17,18,19,20,21,22). The minimum atomic E-state index is -0.276. The number of nitrogens with zero attached hydrogens (tertiary/aromatic N) is 2. The summed E-state index contributed by atoms with van der Waals surface area (Å²) in [6.07, 6.45) is 2.13. The number of amides is 2. The fraction of sp³-hybridized carbons (Fsp3) is 0.250.